The minimum atomic E-state index is -0.586. The van der Waals surface area contributed by atoms with Crippen molar-refractivity contribution in [3.8, 4) is 11.5 Å². The first-order valence-electron chi connectivity index (χ1n) is 11.9. The lowest BCUT2D eigenvalue weighted by molar-refractivity contribution is 0.0943. The van der Waals surface area contributed by atoms with Gasteiger partial charge in [-0.05, 0) is 55.3 Å². The normalized spacial score (nSPS) is 11.1. The molecular formula is C28H27ClFN3O5. The summed E-state index contributed by atoms with van der Waals surface area (Å²) in [6.07, 6.45) is 0. The van der Waals surface area contributed by atoms with E-state index in [1.165, 1.54) is 43.1 Å². The first-order valence-corrected chi connectivity index (χ1v) is 12.2. The number of ether oxygens (including phenoxy) is 2. The molecule has 38 heavy (non-hydrogen) atoms. The van der Waals surface area contributed by atoms with Crippen LogP contribution in [0.2, 0.25) is 5.02 Å². The van der Waals surface area contributed by atoms with Crippen LogP contribution < -0.4 is 26.0 Å². The Bertz CT molecular complexity index is 1630. The lowest BCUT2D eigenvalue weighted by atomic mass is 10.1. The summed E-state index contributed by atoms with van der Waals surface area (Å²) in [6.45, 7) is 3.68. The van der Waals surface area contributed by atoms with Crippen molar-refractivity contribution >= 4 is 28.4 Å². The maximum Gasteiger partial charge on any atom is 0.332 e. The van der Waals surface area contributed by atoms with E-state index in [-0.39, 0.29) is 35.4 Å². The fourth-order valence-electron chi connectivity index (χ4n) is 4.15. The zero-order chi connectivity index (χ0) is 27.6. The number of carbonyl (C=O) groups excluding carboxylic acids is 1. The Morgan fingerprint density at radius 3 is 2.21 bits per heavy atom. The smallest absolute Gasteiger partial charge is 0.332 e. The highest BCUT2D eigenvalue weighted by molar-refractivity contribution is 6.31. The molecule has 0 radical (unpaired) electrons. The van der Waals surface area contributed by atoms with E-state index in [2.05, 4.69) is 5.32 Å². The summed E-state index contributed by atoms with van der Waals surface area (Å²) in [5.74, 6) is -0.0493. The number of carbonyl (C=O) groups is 1. The van der Waals surface area contributed by atoms with E-state index >= 15 is 0 Å². The molecule has 198 valence electrons. The topological polar surface area (TPSA) is 91.6 Å². The Hall–Kier alpha value is -4.11. The van der Waals surface area contributed by atoms with Gasteiger partial charge in [-0.25, -0.2) is 9.18 Å². The number of hydrogen-bond acceptors (Lipinski definition) is 5. The molecule has 4 rings (SSSR count). The van der Waals surface area contributed by atoms with Crippen molar-refractivity contribution < 1.29 is 18.7 Å². The third-order valence-corrected chi connectivity index (χ3v) is 6.40. The Balaban J connectivity index is 1.86. The van der Waals surface area contributed by atoms with Crippen molar-refractivity contribution in [2.24, 2.45) is 0 Å². The van der Waals surface area contributed by atoms with Crippen LogP contribution in [0, 0.1) is 5.82 Å². The number of nitrogens with one attached hydrogen (secondary N) is 1. The molecule has 4 aromatic rings. The molecule has 3 aromatic carbocycles. The van der Waals surface area contributed by atoms with E-state index in [9.17, 15) is 18.8 Å². The molecule has 0 spiro atoms. The van der Waals surface area contributed by atoms with Crippen LogP contribution in [-0.2, 0) is 13.1 Å². The molecule has 8 nitrogen and oxygen atoms in total. The summed E-state index contributed by atoms with van der Waals surface area (Å²) in [4.78, 5) is 39.5. The highest BCUT2D eigenvalue weighted by Gasteiger charge is 2.19. The minimum absolute atomic E-state index is 0.0120. The standard InChI is InChI=1S/C28H27ClFN3O5/c1-16(2)31-26(34)18-7-5-17(6-8-18)14-33-27(35)21-12-24(37-3)25(38-4)13-23(21)32(28(33)36)15-19-9-10-20(30)11-22(19)29/h5-13,16H,14-15H2,1-4H3,(H,31,34). The van der Waals surface area contributed by atoms with Gasteiger partial charge in [0.1, 0.15) is 5.82 Å². The van der Waals surface area contributed by atoms with Gasteiger partial charge in [-0.1, -0.05) is 29.8 Å². The number of methoxy groups -OCH3 is 2. The summed E-state index contributed by atoms with van der Waals surface area (Å²) >= 11 is 6.26. The third kappa shape index (κ3) is 5.43. The number of hydrogen-bond donors (Lipinski definition) is 1. The van der Waals surface area contributed by atoms with E-state index in [1.807, 2.05) is 13.8 Å². The molecule has 1 aromatic heterocycles. The van der Waals surface area contributed by atoms with Crippen molar-refractivity contribution in [1.29, 1.82) is 0 Å². The van der Waals surface area contributed by atoms with Gasteiger partial charge >= 0.3 is 5.69 Å². The van der Waals surface area contributed by atoms with Gasteiger partial charge in [-0.2, -0.15) is 0 Å². The number of benzene rings is 3. The van der Waals surface area contributed by atoms with Crippen molar-refractivity contribution in [3.05, 3.63) is 103 Å². The first kappa shape index (κ1) is 26.9. The maximum absolute atomic E-state index is 13.7. The molecule has 0 unspecified atom stereocenters. The van der Waals surface area contributed by atoms with Gasteiger partial charge in [0.25, 0.3) is 11.5 Å². The minimum Gasteiger partial charge on any atom is -0.493 e. The van der Waals surface area contributed by atoms with Crippen molar-refractivity contribution in [3.63, 3.8) is 0 Å². The fraction of sp³-hybridized carbons (Fsp3) is 0.250. The van der Waals surface area contributed by atoms with E-state index in [4.69, 9.17) is 21.1 Å². The maximum atomic E-state index is 13.7. The second-order valence-electron chi connectivity index (χ2n) is 9.05. The van der Waals surface area contributed by atoms with E-state index in [0.717, 1.165) is 4.57 Å². The Kier molecular flexibility index (Phi) is 7.87. The molecule has 0 fully saturated rings. The van der Waals surface area contributed by atoms with Crippen molar-refractivity contribution in [2.75, 3.05) is 14.2 Å². The molecular weight excluding hydrogens is 513 g/mol. The summed E-state index contributed by atoms with van der Waals surface area (Å²) in [5, 5.41) is 3.20. The average Bonchev–Trinajstić information content (AvgIpc) is 2.89. The van der Waals surface area contributed by atoms with Gasteiger partial charge in [-0.15, -0.1) is 0 Å². The highest BCUT2D eigenvalue weighted by atomic mass is 35.5. The molecule has 0 aliphatic heterocycles. The molecule has 0 atom stereocenters. The molecule has 0 aliphatic rings. The van der Waals surface area contributed by atoms with Crippen LogP contribution in [-0.4, -0.2) is 35.3 Å². The van der Waals surface area contributed by atoms with Crippen LogP contribution in [0.5, 0.6) is 11.5 Å². The molecule has 0 aliphatic carbocycles. The van der Waals surface area contributed by atoms with Gasteiger partial charge in [0, 0.05) is 22.7 Å². The number of fused-ring (bicyclic) bond motifs is 1. The summed E-state index contributed by atoms with van der Waals surface area (Å²) in [7, 11) is 2.91. The Morgan fingerprint density at radius 1 is 0.947 bits per heavy atom. The molecule has 0 saturated carbocycles. The zero-order valence-corrected chi connectivity index (χ0v) is 22.1. The number of nitrogens with zero attached hydrogens (tertiary/aromatic N) is 2. The Labute approximate surface area is 223 Å². The number of amides is 1. The second kappa shape index (κ2) is 11.1. The summed E-state index contributed by atoms with van der Waals surface area (Å²) < 4.78 is 26.9. The van der Waals surface area contributed by atoms with Crippen LogP contribution in [0.1, 0.15) is 35.3 Å². The lowest BCUT2D eigenvalue weighted by Crippen LogP contribution is -2.40. The van der Waals surface area contributed by atoms with Crippen molar-refractivity contribution in [2.45, 2.75) is 33.0 Å². The number of aromatic nitrogens is 2. The molecule has 0 bridgehead atoms. The average molecular weight is 540 g/mol. The lowest BCUT2D eigenvalue weighted by Gasteiger charge is -2.17. The molecule has 1 heterocycles. The largest absolute Gasteiger partial charge is 0.493 e. The first-order chi connectivity index (χ1) is 18.1. The summed E-state index contributed by atoms with van der Waals surface area (Å²) in [5.41, 5.74) is 0.822. The van der Waals surface area contributed by atoms with Crippen molar-refractivity contribution in [1.82, 2.24) is 14.5 Å². The van der Waals surface area contributed by atoms with Gasteiger partial charge in [0.05, 0.1) is 38.2 Å². The Morgan fingerprint density at radius 2 is 1.61 bits per heavy atom. The zero-order valence-electron chi connectivity index (χ0n) is 21.4. The monoisotopic (exact) mass is 539 g/mol. The van der Waals surface area contributed by atoms with E-state index in [1.54, 1.807) is 30.3 Å². The fourth-order valence-corrected chi connectivity index (χ4v) is 4.37. The molecule has 1 amide bonds. The molecule has 1 N–H and O–H groups in total. The second-order valence-corrected chi connectivity index (χ2v) is 9.45. The van der Waals surface area contributed by atoms with Crippen LogP contribution in [0.15, 0.2) is 64.2 Å². The van der Waals surface area contributed by atoms with E-state index < -0.39 is 17.1 Å². The van der Waals surface area contributed by atoms with Gasteiger partial charge < -0.3 is 14.8 Å². The van der Waals surface area contributed by atoms with E-state index in [0.29, 0.717) is 33.7 Å². The van der Waals surface area contributed by atoms with Gasteiger partial charge in [0.2, 0.25) is 0 Å². The van der Waals surface area contributed by atoms with Gasteiger partial charge in [-0.3, -0.25) is 18.7 Å². The SMILES string of the molecule is COc1cc2c(=O)n(Cc3ccc(C(=O)NC(C)C)cc3)c(=O)n(Cc3ccc(F)cc3Cl)c2cc1OC. The molecule has 10 heteroatoms. The predicted molar refractivity (Wildman–Crippen MR) is 144 cm³/mol. The number of halogens is 2. The molecule has 0 saturated heterocycles. The van der Waals surface area contributed by atoms with Crippen LogP contribution in [0.3, 0.4) is 0 Å². The number of rotatable bonds is 8. The quantitative estimate of drug-likeness (QED) is 0.362. The highest BCUT2D eigenvalue weighted by Crippen LogP contribution is 2.31. The van der Waals surface area contributed by atoms with Gasteiger partial charge in [0.15, 0.2) is 11.5 Å². The predicted octanol–water partition coefficient (Wildman–Crippen LogP) is 4.21. The van der Waals surface area contributed by atoms with Crippen LogP contribution in [0.25, 0.3) is 10.9 Å². The van der Waals surface area contributed by atoms with Crippen LogP contribution in [0.4, 0.5) is 4.39 Å². The third-order valence-electron chi connectivity index (χ3n) is 6.05. The summed E-state index contributed by atoms with van der Waals surface area (Å²) in [6, 6.07) is 13.7. The van der Waals surface area contributed by atoms with Crippen LogP contribution >= 0.6 is 11.6 Å².